The van der Waals surface area contributed by atoms with Crippen molar-refractivity contribution < 1.29 is 8.83 Å². The Bertz CT molecular complexity index is 3280. The molecule has 1 aliphatic rings. The lowest BCUT2D eigenvalue weighted by Crippen LogP contribution is -2.16. The highest BCUT2D eigenvalue weighted by Crippen LogP contribution is 2.50. The first-order valence-electron chi connectivity index (χ1n) is 20.4. The van der Waals surface area contributed by atoms with Gasteiger partial charge >= 0.3 is 0 Å². The summed E-state index contributed by atoms with van der Waals surface area (Å²) in [4.78, 5) is 19.8. The second-order valence-corrected chi connectivity index (χ2v) is 18.3. The van der Waals surface area contributed by atoms with Gasteiger partial charge in [-0.2, -0.15) is 0 Å². The fourth-order valence-corrected chi connectivity index (χ4v) is 8.45. The van der Waals surface area contributed by atoms with Crippen LogP contribution in [0.3, 0.4) is 0 Å². The normalized spacial score (nSPS) is 13.6. The maximum atomic E-state index is 6.31. The van der Waals surface area contributed by atoms with Crippen LogP contribution < -0.4 is 0 Å². The van der Waals surface area contributed by atoms with Gasteiger partial charge in [0.05, 0.1) is 0 Å². The average Bonchev–Trinajstić information content (AvgIpc) is 3.87. The first-order valence-corrected chi connectivity index (χ1v) is 20.4. The van der Waals surface area contributed by atoms with E-state index >= 15 is 0 Å². The number of fused-ring (bicyclic) bond motifs is 10. The summed E-state index contributed by atoms with van der Waals surface area (Å²) in [6, 6.07) is 46.4. The molecule has 0 bridgehead atoms. The molecule has 0 atom stereocenters. The molecule has 0 radical (unpaired) electrons. The Kier molecular flexibility index (Phi) is 8.19. The topological polar surface area (TPSA) is 77.8 Å². The quantitative estimate of drug-likeness (QED) is 0.174. The van der Waals surface area contributed by atoms with E-state index in [9.17, 15) is 0 Å². The fourth-order valence-electron chi connectivity index (χ4n) is 8.45. The number of furan rings is 2. The van der Waals surface area contributed by atoms with E-state index in [-0.39, 0.29) is 16.2 Å². The number of nitrogens with zero attached hydrogens (tertiary/aromatic N) is 4. The maximum Gasteiger partial charge on any atom is 0.180 e. The van der Waals surface area contributed by atoms with Crippen LogP contribution in [0.5, 0.6) is 0 Å². The number of hydrogen-bond acceptors (Lipinski definition) is 6. The minimum absolute atomic E-state index is 0.0125. The first-order chi connectivity index (χ1) is 28.3. The zero-order valence-corrected chi connectivity index (χ0v) is 34.8. The van der Waals surface area contributed by atoms with Crippen molar-refractivity contribution in [3.8, 4) is 33.6 Å². The standard InChI is InChI=1S/C29H26N2O.C24H20N2O/c1-28(2,3)27-30-24(26-25(31-27)19-11-7-9-13-23(19)32-26)17-14-15-22-20(16-17)18-10-6-8-12-21(18)29(22,4)5;1-24(2,3)23-25-20(17-13-12-15-8-4-5-9-16(15)14-17)22-21(26-23)18-10-6-7-11-19(18)27-22/h6-16H,1-5H3;4-14H,1-3H3. The first kappa shape index (κ1) is 36.7. The van der Waals surface area contributed by atoms with Crippen LogP contribution in [0.15, 0.2) is 142 Å². The van der Waals surface area contributed by atoms with Crippen LogP contribution in [0, 0.1) is 0 Å². The van der Waals surface area contributed by atoms with Gasteiger partial charge in [-0.15, -0.1) is 0 Å². The molecule has 6 nitrogen and oxygen atoms in total. The third-order valence-corrected chi connectivity index (χ3v) is 11.7. The molecule has 0 unspecified atom stereocenters. The molecule has 6 aromatic carbocycles. The molecule has 0 spiro atoms. The van der Waals surface area contributed by atoms with Gasteiger partial charge in [-0.3, -0.25) is 0 Å². The Hall–Kier alpha value is -6.66. The van der Waals surface area contributed by atoms with Crippen LogP contribution in [-0.4, -0.2) is 19.9 Å². The molecular weight excluding hydrogens is 725 g/mol. The van der Waals surface area contributed by atoms with E-state index in [1.54, 1.807) is 0 Å². The predicted octanol–water partition coefficient (Wildman–Crippen LogP) is 14.1. The Labute approximate surface area is 344 Å². The Morgan fingerprint density at radius 2 is 0.915 bits per heavy atom. The van der Waals surface area contributed by atoms with Gasteiger partial charge in [0.2, 0.25) is 0 Å². The average molecular weight is 771 g/mol. The Morgan fingerprint density at radius 3 is 1.51 bits per heavy atom. The predicted molar refractivity (Wildman–Crippen MR) is 242 cm³/mol. The van der Waals surface area contributed by atoms with Gasteiger partial charge in [0.1, 0.15) is 45.2 Å². The lowest BCUT2D eigenvalue weighted by molar-refractivity contribution is 0.547. The Balaban J connectivity index is 0.000000145. The van der Waals surface area contributed by atoms with E-state index in [0.29, 0.717) is 0 Å². The molecule has 0 saturated carbocycles. The van der Waals surface area contributed by atoms with Crippen molar-refractivity contribution in [2.45, 2.75) is 71.6 Å². The molecule has 1 aliphatic carbocycles. The van der Waals surface area contributed by atoms with Crippen LogP contribution in [0.4, 0.5) is 0 Å². The summed E-state index contributed by atoms with van der Waals surface area (Å²) in [5.41, 5.74) is 13.8. The van der Waals surface area contributed by atoms with Crippen molar-refractivity contribution in [2.75, 3.05) is 0 Å². The van der Waals surface area contributed by atoms with Crippen LogP contribution in [0.1, 0.15) is 78.2 Å². The largest absolute Gasteiger partial charge is 0.452 e. The highest BCUT2D eigenvalue weighted by Gasteiger charge is 2.35. The number of hydrogen-bond donors (Lipinski definition) is 0. The lowest BCUT2D eigenvalue weighted by Gasteiger charge is -2.21. The summed E-state index contributed by atoms with van der Waals surface area (Å²) in [5.74, 6) is 1.65. The van der Waals surface area contributed by atoms with Gasteiger partial charge in [-0.25, -0.2) is 19.9 Å². The molecule has 0 fully saturated rings. The molecule has 10 aromatic rings. The molecular formula is C53H46N4O2. The molecule has 4 aromatic heterocycles. The van der Waals surface area contributed by atoms with Crippen LogP contribution >= 0.6 is 0 Å². The van der Waals surface area contributed by atoms with Gasteiger partial charge in [-0.05, 0) is 69.4 Å². The van der Waals surface area contributed by atoms with Gasteiger partial charge in [0.15, 0.2) is 11.2 Å². The fraction of sp³-hybridized carbons (Fsp3) is 0.208. The third kappa shape index (κ3) is 6.08. The summed E-state index contributed by atoms with van der Waals surface area (Å²) in [6.07, 6.45) is 0. The molecule has 11 rings (SSSR count). The molecule has 59 heavy (non-hydrogen) atoms. The second-order valence-electron chi connectivity index (χ2n) is 18.3. The van der Waals surface area contributed by atoms with Gasteiger partial charge in [0, 0.05) is 38.1 Å². The van der Waals surface area contributed by atoms with E-state index < -0.39 is 0 Å². The molecule has 290 valence electrons. The van der Waals surface area contributed by atoms with Crippen LogP contribution in [-0.2, 0) is 16.2 Å². The van der Waals surface area contributed by atoms with Crippen LogP contribution in [0.2, 0.25) is 0 Å². The number of benzene rings is 6. The molecule has 4 heterocycles. The molecule has 0 saturated heterocycles. The molecule has 0 aliphatic heterocycles. The lowest BCUT2D eigenvalue weighted by atomic mass is 9.82. The molecule has 0 amide bonds. The van der Waals surface area contributed by atoms with Crippen molar-refractivity contribution in [1.82, 2.24) is 19.9 Å². The summed E-state index contributed by atoms with van der Waals surface area (Å²) >= 11 is 0. The highest BCUT2D eigenvalue weighted by atomic mass is 16.3. The minimum atomic E-state index is -0.174. The summed E-state index contributed by atoms with van der Waals surface area (Å²) in [5, 5.41) is 4.47. The number of rotatable bonds is 2. The summed E-state index contributed by atoms with van der Waals surface area (Å²) < 4.78 is 12.5. The zero-order valence-electron chi connectivity index (χ0n) is 34.8. The van der Waals surface area contributed by atoms with E-state index in [2.05, 4.69) is 152 Å². The van der Waals surface area contributed by atoms with E-state index in [0.717, 1.165) is 78.3 Å². The van der Waals surface area contributed by atoms with Crippen molar-refractivity contribution in [3.05, 3.63) is 156 Å². The van der Waals surface area contributed by atoms with E-state index in [4.69, 9.17) is 28.8 Å². The van der Waals surface area contributed by atoms with Crippen molar-refractivity contribution in [2.24, 2.45) is 0 Å². The van der Waals surface area contributed by atoms with Crippen LogP contribution in [0.25, 0.3) is 88.6 Å². The molecule has 0 N–H and O–H groups in total. The monoisotopic (exact) mass is 770 g/mol. The second kappa shape index (κ2) is 13.2. The van der Waals surface area contributed by atoms with E-state index in [1.165, 1.54) is 33.0 Å². The molecule has 6 heteroatoms. The smallest absolute Gasteiger partial charge is 0.180 e. The maximum absolute atomic E-state index is 6.31. The highest BCUT2D eigenvalue weighted by molar-refractivity contribution is 6.08. The minimum Gasteiger partial charge on any atom is -0.452 e. The SMILES string of the molecule is CC(C)(C)c1nc(-c2ccc3c(c2)-c2ccccc2C3(C)C)c2oc3ccccc3c2n1.CC(C)(C)c1nc(-c2ccc3ccccc3c2)c2oc3ccccc3c2n1. The van der Waals surface area contributed by atoms with Crippen molar-refractivity contribution >= 4 is 54.9 Å². The summed E-state index contributed by atoms with van der Waals surface area (Å²) in [6.45, 7) is 17.5. The van der Waals surface area contributed by atoms with Crippen molar-refractivity contribution in [3.63, 3.8) is 0 Å². The van der Waals surface area contributed by atoms with Gasteiger partial charge < -0.3 is 8.83 Å². The third-order valence-electron chi connectivity index (χ3n) is 11.7. The van der Waals surface area contributed by atoms with Gasteiger partial charge in [0.25, 0.3) is 0 Å². The zero-order chi connectivity index (χ0) is 40.8. The number of aromatic nitrogens is 4. The van der Waals surface area contributed by atoms with Gasteiger partial charge in [-0.1, -0.05) is 152 Å². The Morgan fingerprint density at radius 1 is 0.441 bits per heavy atom. The number of para-hydroxylation sites is 2. The summed E-state index contributed by atoms with van der Waals surface area (Å²) in [7, 11) is 0. The van der Waals surface area contributed by atoms with Crippen molar-refractivity contribution in [1.29, 1.82) is 0 Å². The van der Waals surface area contributed by atoms with E-state index in [1.807, 2.05) is 36.4 Å².